The van der Waals surface area contributed by atoms with Crippen molar-refractivity contribution in [3.63, 3.8) is 0 Å². The molecule has 1 saturated heterocycles. The molecule has 0 aromatic heterocycles. The number of carbonyl (C=O) groups excluding carboxylic acids is 5. The molecule has 0 saturated carbocycles. The van der Waals surface area contributed by atoms with Crippen molar-refractivity contribution in [3.8, 4) is 0 Å². The molecule has 1 aromatic carbocycles. The summed E-state index contributed by atoms with van der Waals surface area (Å²) in [6.07, 6.45) is 1.41. The summed E-state index contributed by atoms with van der Waals surface area (Å²) in [6, 6.07) is 3.90. The Labute approximate surface area is 310 Å². The lowest BCUT2D eigenvalue weighted by Crippen LogP contribution is -2.54. The van der Waals surface area contributed by atoms with Gasteiger partial charge in [-0.2, -0.15) is 0 Å². The number of hydrogen-bond acceptors (Lipinski definition) is 14. The van der Waals surface area contributed by atoms with E-state index in [1.54, 1.807) is 18.2 Å². The molecule has 0 spiro atoms. The van der Waals surface area contributed by atoms with Crippen LogP contribution in [0, 0.1) is 0 Å². The molecule has 2 aliphatic heterocycles. The molecule has 1 unspecified atom stereocenters. The Kier molecular flexibility index (Phi) is 20.3. The quantitative estimate of drug-likeness (QED) is 0.0829. The number of carbonyl (C=O) groups is 5. The lowest BCUT2D eigenvalue weighted by Gasteiger charge is -2.27. The minimum atomic E-state index is -1.01. The highest BCUT2D eigenvalue weighted by Gasteiger charge is 2.45. The Morgan fingerprint density at radius 1 is 0.717 bits per heavy atom. The average Bonchev–Trinajstić information content (AvgIpc) is 3.36. The first-order valence-electron chi connectivity index (χ1n) is 18.2. The smallest absolute Gasteiger partial charge is 0.407 e. The highest BCUT2D eigenvalue weighted by atomic mass is 16.6. The summed E-state index contributed by atoms with van der Waals surface area (Å²) in [5.41, 5.74) is 0.406. The zero-order chi connectivity index (χ0) is 38.3. The Hall–Kier alpha value is -3.71. The molecular formula is C36H56N4O13. The first kappa shape index (κ1) is 43.7. The molecule has 0 bridgehead atoms. The van der Waals surface area contributed by atoms with E-state index in [4.69, 9.17) is 37.9 Å². The molecule has 17 nitrogen and oxygen atoms in total. The van der Waals surface area contributed by atoms with Gasteiger partial charge in [0, 0.05) is 31.8 Å². The van der Waals surface area contributed by atoms with Crippen LogP contribution in [0.25, 0.3) is 0 Å². The van der Waals surface area contributed by atoms with Crippen LogP contribution in [0.1, 0.15) is 67.2 Å². The van der Waals surface area contributed by atoms with Crippen molar-refractivity contribution in [1.82, 2.24) is 15.5 Å². The van der Waals surface area contributed by atoms with E-state index < -0.39 is 41.4 Å². The summed E-state index contributed by atoms with van der Waals surface area (Å²) in [4.78, 5) is 62.4. The molecule has 1 fully saturated rings. The molecule has 298 valence electrons. The van der Waals surface area contributed by atoms with Crippen LogP contribution < -0.4 is 16.0 Å². The largest absolute Gasteiger partial charge is 0.444 e. The molecule has 1 atom stereocenters. The number of benzene rings is 1. The third-order valence-corrected chi connectivity index (χ3v) is 7.65. The predicted molar refractivity (Wildman–Crippen MR) is 191 cm³/mol. The van der Waals surface area contributed by atoms with Gasteiger partial charge < -0.3 is 48.5 Å². The predicted octanol–water partition coefficient (Wildman–Crippen LogP) is 1.92. The number of rotatable bonds is 28. The van der Waals surface area contributed by atoms with Gasteiger partial charge in [-0.05, 0) is 52.2 Å². The number of anilines is 1. The van der Waals surface area contributed by atoms with Crippen LogP contribution in [-0.4, -0.2) is 152 Å². The van der Waals surface area contributed by atoms with E-state index in [1.807, 2.05) is 20.8 Å². The van der Waals surface area contributed by atoms with Crippen molar-refractivity contribution >= 4 is 35.4 Å². The van der Waals surface area contributed by atoms with E-state index in [2.05, 4.69) is 16.0 Å². The third kappa shape index (κ3) is 16.9. The lowest BCUT2D eigenvalue weighted by molar-refractivity contribution is -0.136. The van der Waals surface area contributed by atoms with Gasteiger partial charge in [-0.1, -0.05) is 6.07 Å². The van der Waals surface area contributed by atoms with Crippen molar-refractivity contribution in [3.05, 3.63) is 29.3 Å². The maximum Gasteiger partial charge on any atom is 0.407 e. The zero-order valence-electron chi connectivity index (χ0n) is 31.2. The summed E-state index contributed by atoms with van der Waals surface area (Å²) in [7, 11) is 0. The number of ether oxygens (including phenoxy) is 8. The number of imide groups is 2. The van der Waals surface area contributed by atoms with Gasteiger partial charge in [0.05, 0.1) is 97.0 Å². The van der Waals surface area contributed by atoms with E-state index >= 15 is 0 Å². The maximum atomic E-state index is 13.1. The maximum absolute atomic E-state index is 13.1. The molecular weight excluding hydrogens is 696 g/mol. The summed E-state index contributed by atoms with van der Waals surface area (Å²) in [5.74, 6) is -2.17. The molecule has 2 aliphatic rings. The van der Waals surface area contributed by atoms with Gasteiger partial charge in [-0.25, -0.2) is 4.79 Å². The van der Waals surface area contributed by atoms with Gasteiger partial charge in [-0.15, -0.1) is 0 Å². The number of unbranched alkanes of at least 4 members (excludes halogenated alkanes) is 1. The van der Waals surface area contributed by atoms with Gasteiger partial charge in [-0.3, -0.25) is 29.4 Å². The first-order valence-corrected chi connectivity index (χ1v) is 18.2. The number of nitrogens with one attached hydrogen (secondary N) is 3. The van der Waals surface area contributed by atoms with E-state index in [0.29, 0.717) is 111 Å². The molecule has 0 radical (unpaired) electrons. The molecule has 17 heteroatoms. The fourth-order valence-electron chi connectivity index (χ4n) is 5.18. The average molecular weight is 753 g/mol. The molecule has 53 heavy (non-hydrogen) atoms. The Bertz CT molecular complexity index is 1310. The number of amides is 5. The van der Waals surface area contributed by atoms with E-state index in [9.17, 15) is 24.0 Å². The Balaban J connectivity index is 1.04. The van der Waals surface area contributed by atoms with Gasteiger partial charge in [0.15, 0.2) is 0 Å². The molecule has 5 amide bonds. The summed E-state index contributed by atoms with van der Waals surface area (Å²) < 4.78 is 43.7. The zero-order valence-corrected chi connectivity index (χ0v) is 31.2. The summed E-state index contributed by atoms with van der Waals surface area (Å²) in [5, 5.41) is 8.05. The van der Waals surface area contributed by atoms with E-state index in [-0.39, 0.29) is 24.0 Å². The lowest BCUT2D eigenvalue weighted by atomic mass is 10.0. The fraction of sp³-hybridized carbons (Fsp3) is 0.694. The highest BCUT2D eigenvalue weighted by molar-refractivity contribution is 6.25. The van der Waals surface area contributed by atoms with Crippen molar-refractivity contribution < 1.29 is 61.9 Å². The van der Waals surface area contributed by atoms with E-state index in [0.717, 1.165) is 17.7 Å². The monoisotopic (exact) mass is 752 g/mol. The van der Waals surface area contributed by atoms with Crippen LogP contribution in [0.4, 0.5) is 10.5 Å². The second kappa shape index (κ2) is 24.6. The molecule has 1 aromatic rings. The Morgan fingerprint density at radius 3 is 1.77 bits per heavy atom. The van der Waals surface area contributed by atoms with Gasteiger partial charge in [0.2, 0.25) is 11.8 Å². The second-order valence-electron chi connectivity index (χ2n) is 13.0. The van der Waals surface area contributed by atoms with Crippen molar-refractivity contribution in [2.24, 2.45) is 0 Å². The number of fused-ring (bicyclic) bond motifs is 1. The fourth-order valence-corrected chi connectivity index (χ4v) is 5.18. The van der Waals surface area contributed by atoms with Crippen LogP contribution in [0.5, 0.6) is 0 Å². The highest BCUT2D eigenvalue weighted by Crippen LogP contribution is 2.32. The van der Waals surface area contributed by atoms with Gasteiger partial charge in [0.25, 0.3) is 11.8 Å². The van der Waals surface area contributed by atoms with Crippen LogP contribution in [0.2, 0.25) is 0 Å². The molecule has 3 rings (SSSR count). The summed E-state index contributed by atoms with van der Waals surface area (Å²) >= 11 is 0. The minimum Gasteiger partial charge on any atom is -0.444 e. The van der Waals surface area contributed by atoms with Crippen molar-refractivity contribution in [1.29, 1.82) is 0 Å². The Morgan fingerprint density at radius 2 is 1.25 bits per heavy atom. The van der Waals surface area contributed by atoms with Crippen LogP contribution in [0.3, 0.4) is 0 Å². The normalized spacial score (nSPS) is 15.8. The topological polar surface area (TPSA) is 199 Å². The second-order valence-corrected chi connectivity index (χ2v) is 13.0. The van der Waals surface area contributed by atoms with E-state index in [1.165, 1.54) is 0 Å². The third-order valence-electron chi connectivity index (χ3n) is 7.65. The van der Waals surface area contributed by atoms with Gasteiger partial charge >= 0.3 is 6.09 Å². The van der Waals surface area contributed by atoms with Crippen LogP contribution in [-0.2, 0) is 47.5 Å². The van der Waals surface area contributed by atoms with Crippen molar-refractivity contribution in [2.75, 3.05) is 111 Å². The molecule has 0 aliphatic carbocycles. The number of nitrogens with zero attached hydrogens (tertiary/aromatic N) is 1. The minimum absolute atomic E-state index is 0.0645. The summed E-state index contributed by atoms with van der Waals surface area (Å²) in [6.45, 7) is 12.7. The SMILES string of the molecule is CC(C)(C)OC(=O)NCCCCOCCOCCOCCOCCOCCOCCOCCNc1cccc2c1C(=O)N(C1CCC(=O)NC1=O)C2=O. The van der Waals surface area contributed by atoms with Crippen LogP contribution >= 0.6 is 0 Å². The van der Waals surface area contributed by atoms with Gasteiger partial charge in [0.1, 0.15) is 11.6 Å². The number of hydrogen-bond donors (Lipinski definition) is 3. The number of alkyl carbamates (subject to hydrolysis) is 1. The standard InChI is InChI=1S/C36H56N4O13/c1-36(2,3)53-35(45)38-11-4-5-13-46-15-17-48-19-21-50-23-25-52-26-24-51-22-20-49-18-16-47-14-12-37-28-8-6-7-27-31(28)34(44)40(33(27)43)29-9-10-30(41)39-32(29)42/h6-8,29,37H,4-5,9-26H2,1-3H3,(H,38,45)(H,39,41,42). The molecule has 2 heterocycles. The first-order chi connectivity index (χ1) is 25.6. The van der Waals surface area contributed by atoms with Crippen LogP contribution in [0.15, 0.2) is 18.2 Å². The molecule has 3 N–H and O–H groups in total. The number of piperidine rings is 1. The van der Waals surface area contributed by atoms with Crippen molar-refractivity contribution in [2.45, 2.75) is 58.1 Å².